The molecule has 4 rings (SSSR count). The molecule has 2 fully saturated rings. The Balaban J connectivity index is 1.67. The third-order valence-electron chi connectivity index (χ3n) is 6.14. The SMILES string of the molecule is CCCn1c(CN2CCCCC2C)nc2cc(S(=O)(=O)N3CCOCC3)ccc21. The number of fused-ring (bicyclic) bond motifs is 1. The Morgan fingerprint density at radius 2 is 1.97 bits per heavy atom. The van der Waals surface area contributed by atoms with Crippen molar-refractivity contribution in [3.05, 3.63) is 24.0 Å². The Morgan fingerprint density at radius 1 is 1.17 bits per heavy atom. The van der Waals surface area contributed by atoms with E-state index in [2.05, 4.69) is 23.3 Å². The Hall–Kier alpha value is -1.48. The number of morpholine rings is 1. The van der Waals surface area contributed by atoms with Crippen LogP contribution in [0.3, 0.4) is 0 Å². The van der Waals surface area contributed by atoms with E-state index in [-0.39, 0.29) is 0 Å². The summed E-state index contributed by atoms with van der Waals surface area (Å²) in [7, 11) is -3.51. The van der Waals surface area contributed by atoms with Crippen LogP contribution in [0.25, 0.3) is 11.0 Å². The second-order valence-electron chi connectivity index (χ2n) is 8.16. The number of piperidine rings is 1. The lowest BCUT2D eigenvalue weighted by molar-refractivity contribution is 0.0730. The van der Waals surface area contributed by atoms with Gasteiger partial charge in [0.05, 0.1) is 35.7 Å². The molecule has 2 aliphatic rings. The Labute approximate surface area is 173 Å². The van der Waals surface area contributed by atoms with Gasteiger partial charge in [-0.3, -0.25) is 4.90 Å². The summed E-state index contributed by atoms with van der Waals surface area (Å²) in [6.07, 6.45) is 4.78. The fourth-order valence-electron chi connectivity index (χ4n) is 4.42. The first-order chi connectivity index (χ1) is 14.0. The highest BCUT2D eigenvalue weighted by atomic mass is 32.2. The number of imidazole rings is 1. The minimum absolute atomic E-state index is 0.325. The highest BCUT2D eigenvalue weighted by molar-refractivity contribution is 7.89. The molecule has 0 spiro atoms. The summed E-state index contributed by atoms with van der Waals surface area (Å²) < 4.78 is 35.1. The zero-order valence-corrected chi connectivity index (χ0v) is 18.3. The minimum atomic E-state index is -3.51. The van der Waals surface area contributed by atoms with Gasteiger partial charge in [-0.15, -0.1) is 0 Å². The maximum absolute atomic E-state index is 13.0. The number of aromatic nitrogens is 2. The van der Waals surface area contributed by atoms with Gasteiger partial charge in [-0.1, -0.05) is 13.3 Å². The summed E-state index contributed by atoms with van der Waals surface area (Å²) in [6.45, 7) is 8.98. The van der Waals surface area contributed by atoms with Crippen molar-refractivity contribution >= 4 is 21.1 Å². The second-order valence-corrected chi connectivity index (χ2v) is 10.1. The van der Waals surface area contributed by atoms with Crippen LogP contribution in [0.2, 0.25) is 0 Å². The van der Waals surface area contributed by atoms with E-state index in [0.717, 1.165) is 42.9 Å². The van der Waals surface area contributed by atoms with Crippen LogP contribution in [0.1, 0.15) is 45.4 Å². The number of hydrogen-bond acceptors (Lipinski definition) is 5. The molecule has 2 saturated heterocycles. The van der Waals surface area contributed by atoms with E-state index in [1.807, 2.05) is 6.07 Å². The van der Waals surface area contributed by atoms with Crippen molar-refractivity contribution in [3.63, 3.8) is 0 Å². The Kier molecular flexibility index (Phi) is 6.24. The molecule has 160 valence electrons. The van der Waals surface area contributed by atoms with Crippen molar-refractivity contribution in [1.29, 1.82) is 0 Å². The fraction of sp³-hybridized carbons (Fsp3) is 0.667. The molecule has 3 heterocycles. The van der Waals surface area contributed by atoms with E-state index in [4.69, 9.17) is 9.72 Å². The van der Waals surface area contributed by atoms with Crippen LogP contribution in [0.4, 0.5) is 0 Å². The van der Waals surface area contributed by atoms with E-state index in [9.17, 15) is 8.42 Å². The molecule has 1 atom stereocenters. The molecule has 1 unspecified atom stereocenters. The van der Waals surface area contributed by atoms with Crippen LogP contribution in [-0.2, 0) is 27.8 Å². The monoisotopic (exact) mass is 420 g/mol. The maximum Gasteiger partial charge on any atom is 0.243 e. The third kappa shape index (κ3) is 4.21. The lowest BCUT2D eigenvalue weighted by atomic mass is 10.0. The predicted octanol–water partition coefficient (Wildman–Crippen LogP) is 2.84. The summed E-state index contributed by atoms with van der Waals surface area (Å²) in [5.41, 5.74) is 1.79. The first-order valence-corrected chi connectivity index (χ1v) is 12.3. The maximum atomic E-state index is 13.0. The first-order valence-electron chi connectivity index (χ1n) is 10.8. The number of likely N-dealkylation sites (tertiary alicyclic amines) is 1. The van der Waals surface area contributed by atoms with E-state index >= 15 is 0 Å². The third-order valence-corrected chi connectivity index (χ3v) is 8.03. The molecule has 2 aromatic rings. The van der Waals surface area contributed by atoms with Crippen LogP contribution in [0, 0.1) is 0 Å². The number of rotatable bonds is 6. The smallest absolute Gasteiger partial charge is 0.243 e. The van der Waals surface area contributed by atoms with Crippen LogP contribution in [0.15, 0.2) is 23.1 Å². The molecule has 2 aliphatic heterocycles. The van der Waals surface area contributed by atoms with Gasteiger partial charge in [0.2, 0.25) is 10.0 Å². The molecular formula is C21H32N4O3S. The quantitative estimate of drug-likeness (QED) is 0.719. The Morgan fingerprint density at radius 3 is 2.69 bits per heavy atom. The van der Waals surface area contributed by atoms with Crippen molar-refractivity contribution in [2.45, 2.75) is 63.6 Å². The number of benzene rings is 1. The zero-order chi connectivity index (χ0) is 20.4. The van der Waals surface area contributed by atoms with E-state index in [1.54, 1.807) is 12.1 Å². The zero-order valence-electron chi connectivity index (χ0n) is 17.5. The second kappa shape index (κ2) is 8.71. The molecule has 0 amide bonds. The molecular weight excluding hydrogens is 388 g/mol. The van der Waals surface area contributed by atoms with Crippen molar-refractivity contribution in [3.8, 4) is 0 Å². The fourth-order valence-corrected chi connectivity index (χ4v) is 5.85. The highest BCUT2D eigenvalue weighted by Gasteiger charge is 2.27. The summed E-state index contributed by atoms with van der Waals surface area (Å²) in [5, 5.41) is 0. The number of ether oxygens (including phenoxy) is 1. The number of aryl methyl sites for hydroxylation is 1. The largest absolute Gasteiger partial charge is 0.379 e. The molecule has 0 aliphatic carbocycles. The van der Waals surface area contributed by atoms with E-state index in [1.165, 1.54) is 23.6 Å². The average Bonchev–Trinajstić information content (AvgIpc) is 3.07. The molecule has 0 radical (unpaired) electrons. The van der Waals surface area contributed by atoms with Crippen LogP contribution >= 0.6 is 0 Å². The van der Waals surface area contributed by atoms with Crippen molar-refractivity contribution in [1.82, 2.24) is 18.8 Å². The van der Waals surface area contributed by atoms with Gasteiger partial charge < -0.3 is 9.30 Å². The number of nitrogens with zero attached hydrogens (tertiary/aromatic N) is 4. The summed E-state index contributed by atoms with van der Waals surface area (Å²) in [4.78, 5) is 7.72. The van der Waals surface area contributed by atoms with Gasteiger partial charge >= 0.3 is 0 Å². The van der Waals surface area contributed by atoms with Gasteiger partial charge in [-0.05, 0) is 50.9 Å². The summed E-state index contributed by atoms with van der Waals surface area (Å²) in [6, 6.07) is 5.97. The lowest BCUT2D eigenvalue weighted by Crippen LogP contribution is -2.40. The highest BCUT2D eigenvalue weighted by Crippen LogP contribution is 2.26. The van der Waals surface area contributed by atoms with Crippen LogP contribution in [-0.4, -0.2) is 66.1 Å². The van der Waals surface area contributed by atoms with Gasteiger partial charge in [-0.25, -0.2) is 13.4 Å². The van der Waals surface area contributed by atoms with Crippen molar-refractivity contribution in [2.75, 3.05) is 32.8 Å². The van der Waals surface area contributed by atoms with Gasteiger partial charge in [0.1, 0.15) is 5.82 Å². The normalized spacial score (nSPS) is 22.3. The van der Waals surface area contributed by atoms with Gasteiger partial charge in [0.25, 0.3) is 0 Å². The average molecular weight is 421 g/mol. The minimum Gasteiger partial charge on any atom is -0.379 e. The van der Waals surface area contributed by atoms with Gasteiger partial charge in [0, 0.05) is 25.7 Å². The molecule has 0 saturated carbocycles. The first kappa shape index (κ1) is 20.8. The van der Waals surface area contributed by atoms with Gasteiger partial charge in [-0.2, -0.15) is 4.31 Å². The van der Waals surface area contributed by atoms with Crippen LogP contribution < -0.4 is 0 Å². The molecule has 1 aromatic carbocycles. The van der Waals surface area contributed by atoms with Crippen molar-refractivity contribution < 1.29 is 13.2 Å². The molecule has 0 bridgehead atoms. The van der Waals surface area contributed by atoms with Crippen LogP contribution in [0.5, 0.6) is 0 Å². The standard InChI is InChI=1S/C21H32N4O3S/c1-3-9-25-20-8-7-18(29(26,27)24-11-13-28-14-12-24)15-19(20)22-21(25)16-23-10-5-4-6-17(23)2/h7-8,15,17H,3-6,9-14,16H2,1-2H3. The molecule has 1 aromatic heterocycles. The topological polar surface area (TPSA) is 67.7 Å². The van der Waals surface area contributed by atoms with Crippen molar-refractivity contribution in [2.24, 2.45) is 0 Å². The lowest BCUT2D eigenvalue weighted by Gasteiger charge is -2.33. The summed E-state index contributed by atoms with van der Waals surface area (Å²) in [5.74, 6) is 1.04. The van der Waals surface area contributed by atoms with E-state index in [0.29, 0.717) is 37.2 Å². The number of sulfonamides is 1. The number of hydrogen-bond donors (Lipinski definition) is 0. The molecule has 29 heavy (non-hydrogen) atoms. The molecule has 8 heteroatoms. The summed E-state index contributed by atoms with van der Waals surface area (Å²) >= 11 is 0. The molecule has 7 nitrogen and oxygen atoms in total. The molecule has 0 N–H and O–H groups in total. The predicted molar refractivity (Wildman–Crippen MR) is 113 cm³/mol. The Bertz CT molecular complexity index is 950. The van der Waals surface area contributed by atoms with Gasteiger partial charge in [0.15, 0.2) is 0 Å². The van der Waals surface area contributed by atoms with E-state index < -0.39 is 10.0 Å².